The van der Waals surface area contributed by atoms with Gasteiger partial charge in [-0.1, -0.05) is 34.1 Å². The molecule has 5 N–H and O–H groups in total. The van der Waals surface area contributed by atoms with Gasteiger partial charge >= 0.3 is 5.97 Å². The molecule has 5 unspecified atom stereocenters. The summed E-state index contributed by atoms with van der Waals surface area (Å²) in [5.74, 6) is -2.38. The molecule has 1 saturated heterocycles. The predicted molar refractivity (Wildman–Crippen MR) is 117 cm³/mol. The van der Waals surface area contributed by atoms with Crippen LogP contribution in [0.1, 0.15) is 53.4 Å². The second-order valence-corrected chi connectivity index (χ2v) is 8.74. The largest absolute Gasteiger partial charge is 0.480 e. The van der Waals surface area contributed by atoms with Crippen LogP contribution in [0.15, 0.2) is 0 Å². The van der Waals surface area contributed by atoms with Crippen molar-refractivity contribution < 1.29 is 24.3 Å². The average molecular weight is 445 g/mol. The number of thiol groups is 1. The first kappa shape index (κ1) is 26.2. The van der Waals surface area contributed by atoms with Crippen molar-refractivity contribution in [2.24, 2.45) is 17.6 Å². The lowest BCUT2D eigenvalue weighted by molar-refractivity contribution is -0.144. The number of rotatable bonds is 11. The third kappa shape index (κ3) is 7.16. The Hall–Kier alpha value is -1.81. The number of likely N-dealkylation sites (tertiary alicyclic amines) is 1. The van der Waals surface area contributed by atoms with E-state index in [2.05, 4.69) is 23.3 Å². The maximum atomic E-state index is 13.2. The molecule has 0 saturated carbocycles. The number of hydrogen-bond donors (Lipinski definition) is 5. The molecule has 0 spiro atoms. The summed E-state index contributed by atoms with van der Waals surface area (Å²) < 4.78 is 0. The molecule has 0 aromatic heterocycles. The fourth-order valence-electron chi connectivity index (χ4n) is 3.43. The van der Waals surface area contributed by atoms with Gasteiger partial charge in [-0.15, -0.1) is 0 Å². The molecule has 10 heteroatoms. The van der Waals surface area contributed by atoms with E-state index in [9.17, 15) is 19.2 Å². The molecular formula is C20H36N4O5S. The summed E-state index contributed by atoms with van der Waals surface area (Å²) in [6, 6.07) is -3.41. The highest BCUT2D eigenvalue weighted by molar-refractivity contribution is 7.80. The molecule has 0 aliphatic carbocycles. The molecule has 30 heavy (non-hydrogen) atoms. The number of aliphatic carboxylic acids is 1. The van der Waals surface area contributed by atoms with Crippen LogP contribution in [-0.4, -0.2) is 70.2 Å². The molecular weight excluding hydrogens is 408 g/mol. The summed E-state index contributed by atoms with van der Waals surface area (Å²) in [7, 11) is 0. The van der Waals surface area contributed by atoms with Crippen LogP contribution in [0, 0.1) is 11.8 Å². The summed E-state index contributed by atoms with van der Waals surface area (Å²) in [5, 5.41) is 14.4. The predicted octanol–water partition coefficient (Wildman–Crippen LogP) is 0.381. The summed E-state index contributed by atoms with van der Waals surface area (Å²) in [6.45, 7) is 8.08. The zero-order chi connectivity index (χ0) is 23.0. The molecule has 0 aromatic rings. The first-order valence-electron chi connectivity index (χ1n) is 10.5. The Morgan fingerprint density at radius 2 is 1.80 bits per heavy atom. The number of nitrogens with zero attached hydrogens (tertiary/aromatic N) is 1. The highest BCUT2D eigenvalue weighted by Gasteiger charge is 2.39. The van der Waals surface area contributed by atoms with Crippen molar-refractivity contribution >= 4 is 36.3 Å². The van der Waals surface area contributed by atoms with Gasteiger partial charge in [0.05, 0.1) is 6.04 Å². The Balaban J connectivity index is 2.95. The van der Waals surface area contributed by atoms with E-state index in [0.717, 1.165) is 6.42 Å². The van der Waals surface area contributed by atoms with Gasteiger partial charge in [-0.05, 0) is 31.1 Å². The molecule has 0 bridgehead atoms. The third-order valence-electron chi connectivity index (χ3n) is 5.52. The second kappa shape index (κ2) is 12.1. The summed E-state index contributed by atoms with van der Waals surface area (Å²) >= 11 is 3.95. The zero-order valence-electron chi connectivity index (χ0n) is 18.3. The van der Waals surface area contributed by atoms with Gasteiger partial charge in [-0.2, -0.15) is 12.6 Å². The van der Waals surface area contributed by atoms with Crippen molar-refractivity contribution in [2.75, 3.05) is 12.3 Å². The molecule has 1 aliphatic heterocycles. The van der Waals surface area contributed by atoms with E-state index in [0.29, 0.717) is 25.8 Å². The topological polar surface area (TPSA) is 142 Å². The van der Waals surface area contributed by atoms with Gasteiger partial charge in [0.1, 0.15) is 18.1 Å². The Bertz CT molecular complexity index is 630. The lowest BCUT2D eigenvalue weighted by Crippen LogP contribution is -2.57. The van der Waals surface area contributed by atoms with Crippen LogP contribution in [0.5, 0.6) is 0 Å². The van der Waals surface area contributed by atoms with Crippen molar-refractivity contribution in [3.63, 3.8) is 0 Å². The van der Waals surface area contributed by atoms with Gasteiger partial charge in [0.15, 0.2) is 0 Å². The molecule has 172 valence electrons. The number of amides is 3. The quantitative estimate of drug-likeness (QED) is 0.292. The van der Waals surface area contributed by atoms with E-state index >= 15 is 0 Å². The van der Waals surface area contributed by atoms with Crippen molar-refractivity contribution in [3.05, 3.63) is 0 Å². The molecule has 5 atom stereocenters. The van der Waals surface area contributed by atoms with Crippen LogP contribution in [0.25, 0.3) is 0 Å². The normalized spacial score (nSPS) is 20.4. The monoisotopic (exact) mass is 444 g/mol. The molecule has 3 amide bonds. The van der Waals surface area contributed by atoms with Crippen molar-refractivity contribution in [2.45, 2.75) is 77.5 Å². The van der Waals surface area contributed by atoms with E-state index in [1.807, 2.05) is 27.7 Å². The van der Waals surface area contributed by atoms with Crippen LogP contribution in [-0.2, 0) is 19.2 Å². The average Bonchev–Trinajstić information content (AvgIpc) is 3.18. The van der Waals surface area contributed by atoms with E-state index in [-0.39, 0.29) is 29.4 Å². The molecule has 0 aromatic carbocycles. The smallest absolute Gasteiger partial charge is 0.327 e. The number of nitrogens with two attached hydrogens (primary N) is 1. The van der Waals surface area contributed by atoms with E-state index in [1.165, 1.54) is 4.90 Å². The SMILES string of the molecule is CCC(C)C(N)C(=O)NC(CC(C)C)C(=O)N1CCCC1C(=O)NC(CS)C(=O)O. The lowest BCUT2D eigenvalue weighted by atomic mass is 9.97. The Morgan fingerprint density at radius 3 is 2.30 bits per heavy atom. The van der Waals surface area contributed by atoms with Crippen molar-refractivity contribution in [1.82, 2.24) is 15.5 Å². The van der Waals surface area contributed by atoms with Gasteiger partial charge in [0, 0.05) is 12.3 Å². The van der Waals surface area contributed by atoms with Crippen LogP contribution >= 0.6 is 12.6 Å². The third-order valence-corrected chi connectivity index (χ3v) is 5.88. The number of carbonyl (C=O) groups is 4. The van der Waals surface area contributed by atoms with Gasteiger partial charge in [0.25, 0.3) is 0 Å². The maximum absolute atomic E-state index is 13.2. The fraction of sp³-hybridized carbons (Fsp3) is 0.800. The minimum Gasteiger partial charge on any atom is -0.480 e. The number of nitrogens with one attached hydrogen (secondary N) is 2. The Kier molecular flexibility index (Phi) is 10.6. The van der Waals surface area contributed by atoms with Gasteiger partial charge in [-0.25, -0.2) is 4.79 Å². The van der Waals surface area contributed by atoms with E-state index < -0.39 is 36.0 Å². The number of hydrogen-bond acceptors (Lipinski definition) is 6. The highest BCUT2D eigenvalue weighted by atomic mass is 32.1. The van der Waals surface area contributed by atoms with Crippen LogP contribution in [0.2, 0.25) is 0 Å². The Morgan fingerprint density at radius 1 is 1.17 bits per heavy atom. The summed E-state index contributed by atoms with van der Waals surface area (Å²) in [6.07, 6.45) is 2.21. The van der Waals surface area contributed by atoms with Crippen molar-refractivity contribution in [3.8, 4) is 0 Å². The molecule has 1 heterocycles. The molecule has 9 nitrogen and oxygen atoms in total. The molecule has 0 radical (unpaired) electrons. The number of carboxylic acid groups (broad SMARTS) is 1. The van der Waals surface area contributed by atoms with Gasteiger partial charge in [0.2, 0.25) is 17.7 Å². The first-order chi connectivity index (χ1) is 14.0. The number of carbonyl (C=O) groups excluding carboxylic acids is 3. The summed E-state index contributed by atoms with van der Waals surface area (Å²) in [4.78, 5) is 51.1. The molecule has 1 aliphatic rings. The van der Waals surface area contributed by atoms with E-state index in [1.54, 1.807) is 0 Å². The van der Waals surface area contributed by atoms with Gasteiger partial charge in [-0.3, -0.25) is 14.4 Å². The minimum atomic E-state index is -1.18. The van der Waals surface area contributed by atoms with Crippen LogP contribution in [0.3, 0.4) is 0 Å². The van der Waals surface area contributed by atoms with Crippen LogP contribution < -0.4 is 16.4 Å². The minimum absolute atomic E-state index is 0.0284. The Labute approximate surface area is 183 Å². The fourth-order valence-corrected chi connectivity index (χ4v) is 3.68. The molecule has 1 fully saturated rings. The van der Waals surface area contributed by atoms with E-state index in [4.69, 9.17) is 10.8 Å². The van der Waals surface area contributed by atoms with Crippen molar-refractivity contribution in [1.29, 1.82) is 0 Å². The van der Waals surface area contributed by atoms with Crippen LogP contribution in [0.4, 0.5) is 0 Å². The second-order valence-electron chi connectivity index (χ2n) is 8.37. The molecule has 1 rings (SSSR count). The first-order valence-corrected chi connectivity index (χ1v) is 11.2. The zero-order valence-corrected chi connectivity index (χ0v) is 19.2. The summed E-state index contributed by atoms with van der Waals surface area (Å²) in [5.41, 5.74) is 6.01. The van der Waals surface area contributed by atoms with Gasteiger partial charge < -0.3 is 26.4 Å². The standard InChI is InChI=1S/C20H36N4O5S/c1-5-12(4)16(21)18(26)22-13(9-11(2)3)19(27)24-8-6-7-15(24)17(25)23-14(10-30)20(28)29/h11-16,30H,5-10,21H2,1-4H3,(H,22,26)(H,23,25)(H,28,29). The highest BCUT2D eigenvalue weighted by Crippen LogP contribution is 2.21. The maximum Gasteiger partial charge on any atom is 0.327 e. The number of carboxylic acids is 1. The lowest BCUT2D eigenvalue weighted by Gasteiger charge is -2.31.